The SMILES string of the molecule is CCc1ccc(Sc2ccc(Br)cc2)cc1CC. The van der Waals surface area contributed by atoms with E-state index in [1.54, 1.807) is 0 Å². The first-order valence-corrected chi connectivity index (χ1v) is 7.89. The molecule has 0 aliphatic carbocycles. The first-order valence-electron chi connectivity index (χ1n) is 6.28. The fourth-order valence-electron chi connectivity index (χ4n) is 1.98. The van der Waals surface area contributed by atoms with E-state index in [4.69, 9.17) is 0 Å². The Labute approximate surface area is 122 Å². The van der Waals surface area contributed by atoms with Crippen LogP contribution in [0.25, 0.3) is 0 Å². The smallest absolute Gasteiger partial charge is 0.0176 e. The van der Waals surface area contributed by atoms with Gasteiger partial charge in [-0.2, -0.15) is 0 Å². The van der Waals surface area contributed by atoms with E-state index in [0.717, 1.165) is 17.3 Å². The Kier molecular flexibility index (Phi) is 4.90. The quantitative estimate of drug-likeness (QED) is 0.693. The monoisotopic (exact) mass is 320 g/mol. The summed E-state index contributed by atoms with van der Waals surface area (Å²) in [4.78, 5) is 2.61. The molecule has 0 radical (unpaired) electrons. The lowest BCUT2D eigenvalue weighted by Gasteiger charge is -2.08. The lowest BCUT2D eigenvalue weighted by Crippen LogP contribution is -1.90. The minimum absolute atomic E-state index is 1.11. The number of halogens is 1. The van der Waals surface area contributed by atoms with Gasteiger partial charge < -0.3 is 0 Å². The summed E-state index contributed by atoms with van der Waals surface area (Å²) in [6.07, 6.45) is 2.23. The van der Waals surface area contributed by atoms with Gasteiger partial charge in [-0.05, 0) is 60.4 Å². The van der Waals surface area contributed by atoms with Crippen molar-refractivity contribution in [1.82, 2.24) is 0 Å². The molecule has 18 heavy (non-hydrogen) atoms. The van der Waals surface area contributed by atoms with E-state index in [0.29, 0.717) is 0 Å². The summed E-state index contributed by atoms with van der Waals surface area (Å²) in [6, 6.07) is 15.3. The fraction of sp³-hybridized carbons (Fsp3) is 0.250. The molecule has 0 bridgehead atoms. The van der Waals surface area contributed by atoms with E-state index in [1.165, 1.54) is 20.9 Å². The summed E-state index contributed by atoms with van der Waals surface area (Å²) in [7, 11) is 0. The van der Waals surface area contributed by atoms with Crippen molar-refractivity contribution >= 4 is 27.7 Å². The van der Waals surface area contributed by atoms with Gasteiger partial charge in [-0.1, -0.05) is 47.6 Å². The summed E-state index contributed by atoms with van der Waals surface area (Å²) in [5.41, 5.74) is 2.94. The van der Waals surface area contributed by atoms with Gasteiger partial charge in [0.25, 0.3) is 0 Å². The van der Waals surface area contributed by atoms with Crippen LogP contribution >= 0.6 is 27.7 Å². The highest BCUT2D eigenvalue weighted by Crippen LogP contribution is 2.30. The molecule has 0 nitrogen and oxygen atoms in total. The average Bonchev–Trinajstić information content (AvgIpc) is 2.41. The van der Waals surface area contributed by atoms with Crippen molar-refractivity contribution in [3.05, 3.63) is 58.1 Å². The molecule has 0 spiro atoms. The summed E-state index contributed by atoms with van der Waals surface area (Å²) in [5.74, 6) is 0. The van der Waals surface area contributed by atoms with Gasteiger partial charge in [-0.15, -0.1) is 0 Å². The van der Waals surface area contributed by atoms with Gasteiger partial charge in [0.15, 0.2) is 0 Å². The third kappa shape index (κ3) is 3.39. The van der Waals surface area contributed by atoms with Gasteiger partial charge in [0.1, 0.15) is 0 Å². The van der Waals surface area contributed by atoms with Crippen LogP contribution in [0.3, 0.4) is 0 Å². The fourth-order valence-corrected chi connectivity index (χ4v) is 3.12. The molecule has 0 unspecified atom stereocenters. The Morgan fingerprint density at radius 2 is 1.44 bits per heavy atom. The summed E-state index contributed by atoms with van der Waals surface area (Å²) < 4.78 is 1.13. The number of rotatable bonds is 4. The maximum Gasteiger partial charge on any atom is 0.0176 e. The normalized spacial score (nSPS) is 10.6. The Hall–Kier alpha value is -0.730. The largest absolute Gasteiger partial charge is 0.0901 e. The molecule has 0 fully saturated rings. The van der Waals surface area contributed by atoms with Gasteiger partial charge in [-0.3, -0.25) is 0 Å². The molecular formula is C16H17BrS. The van der Waals surface area contributed by atoms with Crippen LogP contribution in [0.15, 0.2) is 56.7 Å². The summed E-state index contributed by atoms with van der Waals surface area (Å²) in [5, 5.41) is 0. The summed E-state index contributed by atoms with van der Waals surface area (Å²) >= 11 is 5.29. The summed E-state index contributed by atoms with van der Waals surface area (Å²) in [6.45, 7) is 4.44. The topological polar surface area (TPSA) is 0 Å². The molecule has 2 aromatic carbocycles. The van der Waals surface area contributed by atoms with E-state index >= 15 is 0 Å². The number of hydrogen-bond acceptors (Lipinski definition) is 1. The van der Waals surface area contributed by atoms with E-state index in [1.807, 2.05) is 11.8 Å². The Balaban J connectivity index is 2.21. The van der Waals surface area contributed by atoms with Crippen LogP contribution in [-0.4, -0.2) is 0 Å². The Morgan fingerprint density at radius 1 is 0.833 bits per heavy atom. The van der Waals surface area contributed by atoms with Crippen molar-refractivity contribution in [2.45, 2.75) is 36.5 Å². The van der Waals surface area contributed by atoms with E-state index in [-0.39, 0.29) is 0 Å². The zero-order chi connectivity index (χ0) is 13.0. The van der Waals surface area contributed by atoms with Gasteiger partial charge in [0.2, 0.25) is 0 Å². The Bertz CT molecular complexity index is 517. The number of benzene rings is 2. The molecule has 0 atom stereocenters. The van der Waals surface area contributed by atoms with Gasteiger partial charge in [-0.25, -0.2) is 0 Å². The third-order valence-electron chi connectivity index (χ3n) is 2.99. The molecule has 0 saturated heterocycles. The molecule has 0 amide bonds. The lowest BCUT2D eigenvalue weighted by atomic mass is 10.0. The molecular weight excluding hydrogens is 304 g/mol. The number of aryl methyl sites for hydroxylation is 2. The highest BCUT2D eigenvalue weighted by molar-refractivity contribution is 9.10. The van der Waals surface area contributed by atoms with Crippen molar-refractivity contribution in [1.29, 1.82) is 0 Å². The Morgan fingerprint density at radius 3 is 2.06 bits per heavy atom. The van der Waals surface area contributed by atoms with Gasteiger partial charge in [0, 0.05) is 14.3 Å². The molecule has 2 heteroatoms. The van der Waals surface area contributed by atoms with Crippen molar-refractivity contribution < 1.29 is 0 Å². The van der Waals surface area contributed by atoms with Crippen LogP contribution in [0.5, 0.6) is 0 Å². The predicted octanol–water partition coefficient (Wildman–Crippen LogP) is 5.73. The van der Waals surface area contributed by atoms with Crippen LogP contribution in [-0.2, 0) is 12.8 Å². The average molecular weight is 321 g/mol. The van der Waals surface area contributed by atoms with Crippen LogP contribution < -0.4 is 0 Å². The second kappa shape index (κ2) is 6.44. The van der Waals surface area contributed by atoms with Crippen molar-refractivity contribution in [3.8, 4) is 0 Å². The van der Waals surface area contributed by atoms with E-state index in [2.05, 4.69) is 72.2 Å². The first kappa shape index (κ1) is 13.7. The van der Waals surface area contributed by atoms with Crippen molar-refractivity contribution in [2.75, 3.05) is 0 Å². The maximum atomic E-state index is 3.46. The molecule has 0 aromatic heterocycles. The lowest BCUT2D eigenvalue weighted by molar-refractivity contribution is 1.02. The van der Waals surface area contributed by atoms with Crippen LogP contribution in [0.2, 0.25) is 0 Å². The van der Waals surface area contributed by atoms with Crippen LogP contribution in [0, 0.1) is 0 Å². The standard InChI is InChI=1S/C16H17BrS/c1-3-12-5-8-16(11-13(12)4-2)18-15-9-6-14(17)7-10-15/h5-11H,3-4H2,1-2H3. The minimum atomic E-state index is 1.11. The van der Waals surface area contributed by atoms with Gasteiger partial charge >= 0.3 is 0 Å². The van der Waals surface area contributed by atoms with E-state index in [9.17, 15) is 0 Å². The van der Waals surface area contributed by atoms with Gasteiger partial charge in [0.05, 0.1) is 0 Å². The molecule has 0 saturated carbocycles. The molecule has 0 aliphatic heterocycles. The molecule has 2 aromatic rings. The minimum Gasteiger partial charge on any atom is -0.0901 e. The molecule has 0 heterocycles. The highest BCUT2D eigenvalue weighted by Gasteiger charge is 2.02. The maximum absolute atomic E-state index is 3.46. The predicted molar refractivity (Wildman–Crippen MR) is 83.5 cm³/mol. The molecule has 0 N–H and O–H groups in total. The molecule has 0 aliphatic rings. The van der Waals surface area contributed by atoms with Crippen molar-refractivity contribution in [2.24, 2.45) is 0 Å². The van der Waals surface area contributed by atoms with Crippen LogP contribution in [0.4, 0.5) is 0 Å². The zero-order valence-corrected chi connectivity index (χ0v) is 13.1. The number of hydrogen-bond donors (Lipinski definition) is 0. The van der Waals surface area contributed by atoms with E-state index < -0.39 is 0 Å². The first-order chi connectivity index (χ1) is 8.72. The highest BCUT2D eigenvalue weighted by atomic mass is 79.9. The third-order valence-corrected chi connectivity index (χ3v) is 4.52. The second-order valence-corrected chi connectivity index (χ2v) is 6.26. The zero-order valence-electron chi connectivity index (χ0n) is 10.7. The molecule has 2 rings (SSSR count). The molecule has 94 valence electrons. The van der Waals surface area contributed by atoms with Crippen LogP contribution in [0.1, 0.15) is 25.0 Å². The second-order valence-electron chi connectivity index (χ2n) is 4.19. The van der Waals surface area contributed by atoms with Crippen molar-refractivity contribution in [3.63, 3.8) is 0 Å².